The maximum absolute atomic E-state index is 11.0. The number of fused-ring (bicyclic) bond motifs is 1. The number of hydrogen-bond donors (Lipinski definition) is 1. The maximum atomic E-state index is 11.0. The predicted octanol–water partition coefficient (Wildman–Crippen LogP) is 3.01. The average Bonchev–Trinajstić information content (AvgIpc) is 2.66. The highest BCUT2D eigenvalue weighted by molar-refractivity contribution is 7.98. The van der Waals surface area contributed by atoms with Gasteiger partial charge in [0.25, 0.3) is 0 Å². The highest BCUT2D eigenvalue weighted by Gasteiger charge is 2.09. The van der Waals surface area contributed by atoms with Crippen LogP contribution in [0.4, 0.5) is 0 Å². The fourth-order valence-corrected chi connectivity index (χ4v) is 2.36. The third-order valence-electron chi connectivity index (χ3n) is 2.38. The van der Waals surface area contributed by atoms with E-state index in [-0.39, 0.29) is 0 Å². The molecule has 0 fully saturated rings. The summed E-state index contributed by atoms with van der Waals surface area (Å²) in [5, 5.41) is 1.02. The zero-order chi connectivity index (χ0) is 10.1. The largest absolute Gasteiger partial charge is 0.361 e. The lowest BCUT2D eigenvalue weighted by Gasteiger charge is -2.05. The summed E-state index contributed by atoms with van der Waals surface area (Å²) >= 11 is 1.61. The van der Waals surface area contributed by atoms with Crippen molar-refractivity contribution in [2.24, 2.45) is 0 Å². The number of aldehydes is 1. The van der Waals surface area contributed by atoms with Gasteiger partial charge in [-0.1, -0.05) is 0 Å². The van der Waals surface area contributed by atoms with Crippen LogP contribution in [-0.2, 0) is 0 Å². The van der Waals surface area contributed by atoms with Gasteiger partial charge in [-0.3, -0.25) is 4.79 Å². The molecule has 2 aromatic rings. The van der Waals surface area contributed by atoms with Crippen LogP contribution in [0.5, 0.6) is 0 Å². The molecule has 0 bridgehead atoms. The van der Waals surface area contributed by atoms with E-state index in [1.807, 2.05) is 31.5 Å². The van der Waals surface area contributed by atoms with Gasteiger partial charge in [0, 0.05) is 27.6 Å². The van der Waals surface area contributed by atoms with Crippen molar-refractivity contribution in [1.82, 2.24) is 4.98 Å². The predicted molar refractivity (Wildman–Crippen MR) is 60.2 cm³/mol. The molecule has 2 nitrogen and oxygen atoms in total. The van der Waals surface area contributed by atoms with Crippen molar-refractivity contribution in [1.29, 1.82) is 0 Å². The molecule has 72 valence electrons. The molecule has 0 unspecified atom stereocenters. The maximum Gasteiger partial charge on any atom is 0.151 e. The van der Waals surface area contributed by atoms with Crippen molar-refractivity contribution in [3.63, 3.8) is 0 Å². The van der Waals surface area contributed by atoms with Crippen LogP contribution in [0.1, 0.15) is 15.9 Å². The second-order valence-electron chi connectivity index (χ2n) is 3.19. The number of rotatable bonds is 2. The molecular formula is C11H11NOS. The monoisotopic (exact) mass is 205 g/mol. The van der Waals surface area contributed by atoms with Gasteiger partial charge >= 0.3 is 0 Å². The Hall–Kier alpha value is -1.22. The number of nitrogens with one attached hydrogen (secondary N) is 1. The summed E-state index contributed by atoms with van der Waals surface area (Å²) in [5.74, 6) is 0. The lowest BCUT2D eigenvalue weighted by Crippen LogP contribution is -1.88. The fraction of sp³-hybridized carbons (Fsp3) is 0.182. The average molecular weight is 205 g/mol. The van der Waals surface area contributed by atoms with Gasteiger partial charge in [0.2, 0.25) is 0 Å². The molecule has 0 amide bonds. The Morgan fingerprint density at radius 3 is 2.93 bits per heavy atom. The van der Waals surface area contributed by atoms with Crippen LogP contribution in [0.25, 0.3) is 10.9 Å². The second kappa shape index (κ2) is 3.50. The number of H-pyrrole nitrogens is 1. The normalized spacial score (nSPS) is 10.7. The highest BCUT2D eigenvalue weighted by atomic mass is 32.2. The summed E-state index contributed by atoms with van der Waals surface area (Å²) in [5.41, 5.74) is 3.03. The minimum Gasteiger partial charge on any atom is -0.361 e. The van der Waals surface area contributed by atoms with Crippen LogP contribution in [-0.4, -0.2) is 17.5 Å². The minimum absolute atomic E-state index is 0.791. The summed E-state index contributed by atoms with van der Waals surface area (Å²) < 4.78 is 0. The molecule has 0 atom stereocenters. The number of hydrogen-bond acceptors (Lipinski definition) is 2. The molecule has 14 heavy (non-hydrogen) atoms. The summed E-state index contributed by atoms with van der Waals surface area (Å²) in [6.07, 6.45) is 4.79. The first kappa shape index (κ1) is 9.34. The fourth-order valence-electron chi connectivity index (χ4n) is 1.69. The van der Waals surface area contributed by atoms with Crippen LogP contribution < -0.4 is 0 Å². The SMILES string of the molecule is CSc1cc(C)c2[nH]ccc2c1C=O. The molecule has 1 heterocycles. The van der Waals surface area contributed by atoms with Crippen LogP contribution >= 0.6 is 11.8 Å². The zero-order valence-corrected chi connectivity index (χ0v) is 8.94. The third-order valence-corrected chi connectivity index (χ3v) is 3.16. The quantitative estimate of drug-likeness (QED) is 0.604. The van der Waals surface area contributed by atoms with Crippen molar-refractivity contribution in [2.45, 2.75) is 11.8 Å². The van der Waals surface area contributed by atoms with Crippen LogP contribution in [0.3, 0.4) is 0 Å². The van der Waals surface area contributed by atoms with E-state index in [4.69, 9.17) is 0 Å². The summed E-state index contributed by atoms with van der Waals surface area (Å²) in [7, 11) is 0. The Kier molecular flexibility index (Phi) is 2.33. The van der Waals surface area contributed by atoms with E-state index in [0.29, 0.717) is 0 Å². The molecule has 0 spiro atoms. The number of carbonyl (C=O) groups is 1. The number of aryl methyl sites for hydroxylation is 1. The molecule has 0 aliphatic heterocycles. The Bertz CT molecular complexity index is 487. The van der Waals surface area contributed by atoms with Gasteiger partial charge in [-0.05, 0) is 30.9 Å². The second-order valence-corrected chi connectivity index (χ2v) is 4.04. The Morgan fingerprint density at radius 1 is 1.50 bits per heavy atom. The van der Waals surface area contributed by atoms with Crippen molar-refractivity contribution in [3.8, 4) is 0 Å². The number of carbonyl (C=O) groups excluding carboxylic acids is 1. The molecule has 0 saturated carbocycles. The lowest BCUT2D eigenvalue weighted by molar-refractivity contribution is 0.112. The Balaban J connectivity index is 2.88. The van der Waals surface area contributed by atoms with Gasteiger partial charge in [0.05, 0.1) is 0 Å². The smallest absolute Gasteiger partial charge is 0.151 e. The molecule has 1 aromatic heterocycles. The van der Waals surface area contributed by atoms with Crippen molar-refractivity contribution < 1.29 is 4.79 Å². The van der Waals surface area contributed by atoms with Gasteiger partial charge in [0.1, 0.15) is 0 Å². The highest BCUT2D eigenvalue weighted by Crippen LogP contribution is 2.29. The number of benzene rings is 1. The number of aromatic amines is 1. The first-order valence-electron chi connectivity index (χ1n) is 4.37. The summed E-state index contributed by atoms with van der Waals surface area (Å²) in [4.78, 5) is 15.2. The molecule has 0 aliphatic rings. The molecular weight excluding hydrogens is 194 g/mol. The molecule has 0 radical (unpaired) electrons. The van der Waals surface area contributed by atoms with E-state index < -0.39 is 0 Å². The molecule has 2 rings (SSSR count). The first-order valence-corrected chi connectivity index (χ1v) is 5.60. The minimum atomic E-state index is 0.791. The third kappa shape index (κ3) is 1.24. The van der Waals surface area contributed by atoms with E-state index in [0.717, 1.165) is 27.6 Å². The van der Waals surface area contributed by atoms with Crippen LogP contribution in [0.15, 0.2) is 23.2 Å². The molecule has 3 heteroatoms. The molecule has 1 aromatic carbocycles. The van der Waals surface area contributed by atoms with Crippen molar-refractivity contribution >= 4 is 29.0 Å². The molecule has 0 aliphatic carbocycles. The standard InChI is InChI=1S/C11H11NOS/c1-7-5-10(14-2)9(6-13)8-3-4-12-11(7)8/h3-6,12H,1-2H3. The van der Waals surface area contributed by atoms with Gasteiger partial charge in [-0.2, -0.15) is 0 Å². The molecule has 1 N–H and O–H groups in total. The van der Waals surface area contributed by atoms with E-state index in [1.165, 1.54) is 5.56 Å². The Labute approximate surface area is 86.7 Å². The van der Waals surface area contributed by atoms with Gasteiger partial charge in [-0.15, -0.1) is 11.8 Å². The lowest BCUT2D eigenvalue weighted by atomic mass is 10.1. The van der Waals surface area contributed by atoms with Crippen LogP contribution in [0.2, 0.25) is 0 Å². The molecule has 0 saturated heterocycles. The van der Waals surface area contributed by atoms with E-state index >= 15 is 0 Å². The summed E-state index contributed by atoms with van der Waals surface area (Å²) in [6.45, 7) is 2.05. The van der Waals surface area contributed by atoms with E-state index in [9.17, 15) is 4.79 Å². The van der Waals surface area contributed by atoms with Gasteiger partial charge in [0.15, 0.2) is 6.29 Å². The van der Waals surface area contributed by atoms with Crippen molar-refractivity contribution in [2.75, 3.05) is 6.26 Å². The van der Waals surface area contributed by atoms with E-state index in [2.05, 4.69) is 4.98 Å². The topological polar surface area (TPSA) is 32.9 Å². The van der Waals surface area contributed by atoms with Crippen molar-refractivity contribution in [3.05, 3.63) is 29.5 Å². The number of aromatic nitrogens is 1. The Morgan fingerprint density at radius 2 is 2.29 bits per heavy atom. The first-order chi connectivity index (χ1) is 6.77. The number of thioether (sulfide) groups is 1. The van der Waals surface area contributed by atoms with E-state index in [1.54, 1.807) is 11.8 Å². The van der Waals surface area contributed by atoms with Gasteiger partial charge < -0.3 is 4.98 Å². The zero-order valence-electron chi connectivity index (χ0n) is 8.13. The summed E-state index contributed by atoms with van der Waals surface area (Å²) in [6, 6.07) is 4.00. The van der Waals surface area contributed by atoms with Gasteiger partial charge in [-0.25, -0.2) is 0 Å². The van der Waals surface area contributed by atoms with Crippen LogP contribution in [0, 0.1) is 6.92 Å².